The molecule has 3 rings (SSSR count). The van der Waals surface area contributed by atoms with Crippen molar-refractivity contribution in [3.05, 3.63) is 28.5 Å². The Balaban J connectivity index is 2.10. The van der Waals surface area contributed by atoms with Crippen LogP contribution >= 0.6 is 15.9 Å². The summed E-state index contributed by atoms with van der Waals surface area (Å²) in [6.45, 7) is 0. The quantitative estimate of drug-likeness (QED) is 0.853. The van der Waals surface area contributed by atoms with Gasteiger partial charge in [0, 0.05) is 10.4 Å². The minimum absolute atomic E-state index is 0.498. The largest absolute Gasteiger partial charge is 0.397 e. The number of aromatic nitrogens is 4. The lowest BCUT2D eigenvalue weighted by Crippen LogP contribution is -2.05. The third-order valence-electron chi connectivity index (χ3n) is 2.65. The number of benzene rings is 1. The van der Waals surface area contributed by atoms with Crippen LogP contribution in [0.15, 0.2) is 22.7 Å². The van der Waals surface area contributed by atoms with Crippen molar-refractivity contribution in [2.24, 2.45) is 0 Å². The van der Waals surface area contributed by atoms with Crippen LogP contribution in [-0.4, -0.2) is 20.2 Å². The van der Waals surface area contributed by atoms with Gasteiger partial charge in [0.05, 0.1) is 11.4 Å². The monoisotopic (exact) mass is 279 g/mol. The van der Waals surface area contributed by atoms with Gasteiger partial charge in [-0.2, -0.15) is 4.68 Å². The van der Waals surface area contributed by atoms with Crippen molar-refractivity contribution in [1.29, 1.82) is 0 Å². The Morgan fingerprint density at radius 3 is 2.88 bits per heavy atom. The Kier molecular flexibility index (Phi) is 2.17. The van der Waals surface area contributed by atoms with Crippen LogP contribution in [0.3, 0.4) is 0 Å². The van der Waals surface area contributed by atoms with Gasteiger partial charge in [-0.05, 0) is 41.5 Å². The lowest BCUT2D eigenvalue weighted by molar-refractivity contribution is 0.765. The lowest BCUT2D eigenvalue weighted by Gasteiger charge is -2.07. The van der Waals surface area contributed by atoms with Crippen LogP contribution in [0.25, 0.3) is 5.69 Å². The number of nitrogen functional groups attached to an aromatic ring is 1. The van der Waals surface area contributed by atoms with Gasteiger partial charge in [-0.3, -0.25) is 0 Å². The summed E-state index contributed by atoms with van der Waals surface area (Å²) in [5.41, 5.74) is 7.47. The zero-order valence-corrected chi connectivity index (χ0v) is 10.1. The summed E-state index contributed by atoms with van der Waals surface area (Å²) in [7, 11) is 0. The number of nitrogens with zero attached hydrogens (tertiary/aromatic N) is 4. The number of hydrogen-bond acceptors (Lipinski definition) is 4. The first-order valence-corrected chi connectivity index (χ1v) is 5.88. The SMILES string of the molecule is Nc1cc(Br)ccc1-n1nnnc1C1CC1. The fourth-order valence-corrected chi connectivity index (χ4v) is 2.06. The molecule has 16 heavy (non-hydrogen) atoms. The highest BCUT2D eigenvalue weighted by molar-refractivity contribution is 9.10. The molecule has 0 unspecified atom stereocenters. The van der Waals surface area contributed by atoms with Crippen molar-refractivity contribution in [3.8, 4) is 5.69 Å². The van der Waals surface area contributed by atoms with E-state index in [0.717, 1.165) is 28.8 Å². The molecule has 0 bridgehead atoms. The van der Waals surface area contributed by atoms with Crippen LogP contribution in [-0.2, 0) is 0 Å². The van der Waals surface area contributed by atoms with Crippen LogP contribution in [0.5, 0.6) is 0 Å². The van der Waals surface area contributed by atoms with Crippen LogP contribution in [0, 0.1) is 0 Å². The average Bonchev–Trinajstić information content (AvgIpc) is 2.98. The van der Waals surface area contributed by atoms with Crippen molar-refractivity contribution in [2.75, 3.05) is 5.73 Å². The van der Waals surface area contributed by atoms with Crippen LogP contribution in [0.4, 0.5) is 5.69 Å². The third kappa shape index (κ3) is 1.59. The van der Waals surface area contributed by atoms with E-state index in [9.17, 15) is 0 Å². The molecule has 2 N–H and O–H groups in total. The zero-order chi connectivity index (χ0) is 11.1. The minimum atomic E-state index is 0.498. The maximum atomic E-state index is 5.96. The molecule has 0 atom stereocenters. The van der Waals surface area contributed by atoms with E-state index in [1.54, 1.807) is 4.68 Å². The summed E-state index contributed by atoms with van der Waals surface area (Å²) < 4.78 is 2.69. The number of halogens is 1. The van der Waals surface area contributed by atoms with Gasteiger partial charge in [-0.25, -0.2) is 0 Å². The molecule has 82 valence electrons. The van der Waals surface area contributed by atoms with Crippen molar-refractivity contribution >= 4 is 21.6 Å². The van der Waals surface area contributed by atoms with E-state index in [-0.39, 0.29) is 0 Å². The van der Waals surface area contributed by atoms with E-state index in [1.165, 1.54) is 0 Å². The van der Waals surface area contributed by atoms with Crippen molar-refractivity contribution in [3.63, 3.8) is 0 Å². The highest BCUT2D eigenvalue weighted by atomic mass is 79.9. The van der Waals surface area contributed by atoms with E-state index in [1.807, 2.05) is 18.2 Å². The number of hydrogen-bond donors (Lipinski definition) is 1. The molecule has 0 saturated heterocycles. The van der Waals surface area contributed by atoms with Crippen molar-refractivity contribution in [1.82, 2.24) is 20.2 Å². The molecule has 0 spiro atoms. The Labute approximate surface area is 101 Å². The Morgan fingerprint density at radius 1 is 1.38 bits per heavy atom. The maximum absolute atomic E-state index is 5.96. The van der Waals surface area contributed by atoms with Crippen molar-refractivity contribution < 1.29 is 0 Å². The second kappa shape index (κ2) is 3.55. The van der Waals surface area contributed by atoms with Gasteiger partial charge in [-0.1, -0.05) is 15.9 Å². The summed E-state index contributed by atoms with van der Waals surface area (Å²) >= 11 is 3.38. The first-order valence-electron chi connectivity index (χ1n) is 5.09. The van der Waals surface area contributed by atoms with Gasteiger partial charge >= 0.3 is 0 Å². The third-order valence-corrected chi connectivity index (χ3v) is 3.15. The molecule has 0 aliphatic heterocycles. The summed E-state index contributed by atoms with van der Waals surface area (Å²) in [6.07, 6.45) is 2.33. The van der Waals surface area contributed by atoms with E-state index < -0.39 is 0 Å². The first-order chi connectivity index (χ1) is 7.75. The maximum Gasteiger partial charge on any atom is 0.159 e. The normalized spacial score (nSPS) is 15.3. The van der Waals surface area contributed by atoms with Crippen LogP contribution < -0.4 is 5.73 Å². The molecule has 0 amide bonds. The van der Waals surface area contributed by atoms with Gasteiger partial charge in [0.15, 0.2) is 5.82 Å². The van der Waals surface area contributed by atoms with Gasteiger partial charge in [-0.15, -0.1) is 5.10 Å². The Hall–Kier alpha value is -1.43. The number of tetrazole rings is 1. The molecule has 1 saturated carbocycles. The predicted octanol–water partition coefficient (Wildman–Crippen LogP) is 1.88. The lowest BCUT2D eigenvalue weighted by atomic mass is 10.2. The smallest absolute Gasteiger partial charge is 0.159 e. The molecular formula is C10H10BrN5. The zero-order valence-electron chi connectivity index (χ0n) is 8.47. The molecular weight excluding hydrogens is 270 g/mol. The van der Waals surface area contributed by atoms with Crippen LogP contribution in [0.2, 0.25) is 0 Å². The Morgan fingerprint density at radius 2 is 2.19 bits per heavy atom. The van der Waals surface area contributed by atoms with Gasteiger partial charge in [0.1, 0.15) is 0 Å². The second-order valence-corrected chi connectivity index (χ2v) is 4.84. The van der Waals surface area contributed by atoms with E-state index in [2.05, 4.69) is 31.5 Å². The summed E-state index contributed by atoms with van der Waals surface area (Å²) in [4.78, 5) is 0. The number of anilines is 1. The van der Waals surface area contributed by atoms with E-state index in [4.69, 9.17) is 5.73 Å². The van der Waals surface area contributed by atoms with Gasteiger partial charge < -0.3 is 5.73 Å². The standard InChI is InChI=1S/C10H10BrN5/c11-7-3-4-9(8(12)5-7)16-10(6-1-2-6)13-14-15-16/h3-6H,1-2,12H2. The van der Waals surface area contributed by atoms with Crippen LogP contribution in [0.1, 0.15) is 24.6 Å². The van der Waals surface area contributed by atoms with E-state index >= 15 is 0 Å². The molecule has 0 radical (unpaired) electrons. The molecule has 1 aliphatic carbocycles. The van der Waals surface area contributed by atoms with E-state index in [0.29, 0.717) is 11.6 Å². The summed E-state index contributed by atoms with van der Waals surface area (Å²) in [6, 6.07) is 5.71. The van der Waals surface area contributed by atoms with Gasteiger partial charge in [0.25, 0.3) is 0 Å². The number of nitrogens with two attached hydrogens (primary N) is 1. The molecule has 6 heteroatoms. The molecule has 1 aromatic carbocycles. The Bertz CT molecular complexity index is 532. The average molecular weight is 280 g/mol. The second-order valence-electron chi connectivity index (χ2n) is 3.93. The number of rotatable bonds is 2. The predicted molar refractivity (Wildman–Crippen MR) is 63.2 cm³/mol. The topological polar surface area (TPSA) is 69.6 Å². The van der Waals surface area contributed by atoms with Gasteiger partial charge in [0.2, 0.25) is 0 Å². The summed E-state index contributed by atoms with van der Waals surface area (Å²) in [5, 5.41) is 11.8. The molecule has 1 aliphatic rings. The fraction of sp³-hybridized carbons (Fsp3) is 0.300. The van der Waals surface area contributed by atoms with Crippen molar-refractivity contribution in [2.45, 2.75) is 18.8 Å². The highest BCUT2D eigenvalue weighted by Gasteiger charge is 2.30. The molecule has 1 fully saturated rings. The minimum Gasteiger partial charge on any atom is -0.397 e. The first kappa shape index (κ1) is 9.77. The fourth-order valence-electron chi connectivity index (χ4n) is 1.68. The molecule has 2 aromatic rings. The molecule has 5 nitrogen and oxygen atoms in total. The summed E-state index contributed by atoms with van der Waals surface area (Å²) in [5.74, 6) is 1.41. The molecule has 1 heterocycles. The molecule has 1 aromatic heterocycles. The highest BCUT2D eigenvalue weighted by Crippen LogP contribution is 2.39.